The van der Waals surface area contributed by atoms with E-state index in [1.54, 1.807) is 0 Å². The van der Waals surface area contributed by atoms with E-state index in [0.717, 1.165) is 49.1 Å². The Morgan fingerprint density at radius 1 is 1.32 bits per heavy atom. The lowest BCUT2D eigenvalue weighted by atomic mass is 10.3. The van der Waals surface area contributed by atoms with Gasteiger partial charge in [0.1, 0.15) is 18.0 Å². The predicted molar refractivity (Wildman–Crippen MR) is 98.8 cm³/mol. The van der Waals surface area contributed by atoms with E-state index >= 15 is 0 Å². The van der Waals surface area contributed by atoms with Crippen LogP contribution in [0.2, 0.25) is 0 Å². The van der Waals surface area contributed by atoms with Crippen LogP contribution in [-0.4, -0.2) is 62.7 Å². The van der Waals surface area contributed by atoms with Crippen molar-refractivity contribution in [1.29, 1.82) is 0 Å². The predicted octanol–water partition coefficient (Wildman–Crippen LogP) is 2.26. The van der Waals surface area contributed by atoms with Gasteiger partial charge >= 0.3 is 0 Å². The van der Waals surface area contributed by atoms with Crippen LogP contribution in [0.1, 0.15) is 26.5 Å². The quantitative estimate of drug-likeness (QED) is 0.813. The van der Waals surface area contributed by atoms with Gasteiger partial charge in [-0.25, -0.2) is 4.98 Å². The van der Waals surface area contributed by atoms with E-state index in [2.05, 4.69) is 9.88 Å². The molecule has 1 aliphatic rings. The molecule has 1 atom stereocenters. The van der Waals surface area contributed by atoms with E-state index in [1.807, 2.05) is 50.6 Å². The molecule has 138 valence electrons. The first kappa shape index (κ1) is 18.4. The molecule has 1 saturated heterocycles. The standard InChI is InChI=1S/C18H27N3O3S/c1-14-12-19-17-11-15(24-10-7-20-5-8-23-9-6-20)16(13-21(14)17)25(22)18(2,3)4/h11-13H,5-10H2,1-4H3. The average Bonchev–Trinajstić information content (AvgIpc) is 2.94. The molecule has 7 heteroatoms. The second-order valence-corrected chi connectivity index (χ2v) is 9.52. The molecule has 2 aromatic rings. The third-order valence-electron chi connectivity index (χ3n) is 4.28. The van der Waals surface area contributed by atoms with Crippen LogP contribution in [0, 0.1) is 6.92 Å². The minimum atomic E-state index is -1.18. The number of nitrogens with zero attached hydrogens (tertiary/aromatic N) is 3. The summed E-state index contributed by atoms with van der Waals surface area (Å²) in [5, 5.41) is 0. The van der Waals surface area contributed by atoms with Crippen LogP contribution in [0.25, 0.3) is 5.65 Å². The summed E-state index contributed by atoms with van der Waals surface area (Å²) in [6.45, 7) is 12.7. The van der Waals surface area contributed by atoms with Crippen LogP contribution in [0.15, 0.2) is 23.4 Å². The van der Waals surface area contributed by atoms with Gasteiger partial charge in [-0.3, -0.25) is 9.11 Å². The molecule has 0 aliphatic carbocycles. The molecule has 1 unspecified atom stereocenters. The molecule has 1 fully saturated rings. The van der Waals surface area contributed by atoms with Gasteiger partial charge in [0, 0.05) is 48.5 Å². The summed E-state index contributed by atoms with van der Waals surface area (Å²) in [4.78, 5) is 7.44. The van der Waals surface area contributed by atoms with Crippen molar-refractivity contribution in [3.05, 3.63) is 24.2 Å². The zero-order chi connectivity index (χ0) is 18.0. The van der Waals surface area contributed by atoms with Crippen molar-refractivity contribution in [2.75, 3.05) is 39.5 Å². The Hall–Kier alpha value is -1.44. The Balaban J connectivity index is 1.82. The van der Waals surface area contributed by atoms with Crippen LogP contribution in [0.5, 0.6) is 5.75 Å². The van der Waals surface area contributed by atoms with Crippen LogP contribution in [0.3, 0.4) is 0 Å². The normalized spacial score (nSPS) is 17.8. The number of morpholine rings is 1. The van der Waals surface area contributed by atoms with Gasteiger partial charge in [-0.1, -0.05) is 0 Å². The Bertz CT molecular complexity index is 761. The third-order valence-corrected chi connectivity index (χ3v) is 6.10. The zero-order valence-electron chi connectivity index (χ0n) is 15.4. The first-order valence-electron chi connectivity index (χ1n) is 8.69. The maximum atomic E-state index is 13.0. The molecule has 0 amide bonds. The molecule has 0 radical (unpaired) electrons. The molecule has 3 heterocycles. The maximum absolute atomic E-state index is 13.0. The van der Waals surface area contributed by atoms with E-state index in [0.29, 0.717) is 12.4 Å². The van der Waals surface area contributed by atoms with Gasteiger partial charge in [0.05, 0.1) is 28.9 Å². The fourth-order valence-electron chi connectivity index (χ4n) is 2.80. The minimum absolute atomic E-state index is 0.357. The summed E-state index contributed by atoms with van der Waals surface area (Å²) >= 11 is 0. The van der Waals surface area contributed by atoms with Crippen LogP contribution >= 0.6 is 0 Å². The molecule has 25 heavy (non-hydrogen) atoms. The molecule has 0 N–H and O–H groups in total. The summed E-state index contributed by atoms with van der Waals surface area (Å²) in [6.07, 6.45) is 3.72. The number of aromatic nitrogens is 2. The van der Waals surface area contributed by atoms with Gasteiger partial charge in [0.2, 0.25) is 0 Å². The lowest BCUT2D eigenvalue weighted by Gasteiger charge is -2.26. The van der Waals surface area contributed by atoms with Gasteiger partial charge < -0.3 is 13.9 Å². The van der Waals surface area contributed by atoms with E-state index in [1.165, 1.54) is 0 Å². The fourth-order valence-corrected chi connectivity index (χ4v) is 3.96. The van der Waals surface area contributed by atoms with Crippen LogP contribution in [-0.2, 0) is 15.5 Å². The highest BCUT2D eigenvalue weighted by Crippen LogP contribution is 2.30. The second-order valence-electron chi connectivity index (χ2n) is 7.31. The lowest BCUT2D eigenvalue weighted by Crippen LogP contribution is -2.38. The summed E-state index contributed by atoms with van der Waals surface area (Å²) in [6, 6.07) is 1.89. The van der Waals surface area contributed by atoms with E-state index < -0.39 is 10.8 Å². The molecule has 1 aliphatic heterocycles. The molecule has 0 bridgehead atoms. The monoisotopic (exact) mass is 365 g/mol. The van der Waals surface area contributed by atoms with Gasteiger partial charge in [-0.05, 0) is 27.7 Å². The molecule has 0 spiro atoms. The number of rotatable bonds is 5. The highest BCUT2D eigenvalue weighted by Gasteiger charge is 2.25. The van der Waals surface area contributed by atoms with Gasteiger partial charge in [0.15, 0.2) is 0 Å². The number of imidazole rings is 1. The SMILES string of the molecule is Cc1cnc2cc(OCCN3CCOCC3)c(S(=O)C(C)(C)C)cn12. The van der Waals surface area contributed by atoms with E-state index in [-0.39, 0.29) is 4.75 Å². The summed E-state index contributed by atoms with van der Waals surface area (Å²) in [7, 11) is -1.18. The second kappa shape index (κ2) is 7.43. The molecular formula is C18H27N3O3S. The third kappa shape index (κ3) is 4.22. The Morgan fingerprint density at radius 3 is 2.72 bits per heavy atom. The van der Waals surface area contributed by atoms with Crippen molar-refractivity contribution in [3.8, 4) is 5.75 Å². The number of hydrogen-bond acceptors (Lipinski definition) is 5. The molecule has 2 aromatic heterocycles. The highest BCUT2D eigenvalue weighted by atomic mass is 32.2. The van der Waals surface area contributed by atoms with Crippen molar-refractivity contribution < 1.29 is 13.7 Å². The Kier molecular flexibility index (Phi) is 5.46. The largest absolute Gasteiger partial charge is 0.491 e. The first-order chi connectivity index (χ1) is 11.9. The summed E-state index contributed by atoms with van der Waals surface area (Å²) < 4.78 is 26.0. The number of ether oxygens (including phenoxy) is 2. The van der Waals surface area contributed by atoms with E-state index in [9.17, 15) is 4.21 Å². The minimum Gasteiger partial charge on any atom is -0.491 e. The van der Waals surface area contributed by atoms with Crippen molar-refractivity contribution in [2.45, 2.75) is 37.3 Å². The number of aryl methyl sites for hydroxylation is 1. The van der Waals surface area contributed by atoms with Crippen molar-refractivity contribution in [1.82, 2.24) is 14.3 Å². The first-order valence-corrected chi connectivity index (χ1v) is 9.84. The Morgan fingerprint density at radius 2 is 2.04 bits per heavy atom. The van der Waals surface area contributed by atoms with Gasteiger partial charge in [-0.2, -0.15) is 0 Å². The molecule has 0 saturated carbocycles. The summed E-state index contributed by atoms with van der Waals surface area (Å²) in [5.41, 5.74) is 1.83. The number of fused-ring (bicyclic) bond motifs is 1. The molecule has 3 rings (SSSR count). The highest BCUT2D eigenvalue weighted by molar-refractivity contribution is 7.86. The molecule has 6 nitrogen and oxygen atoms in total. The van der Waals surface area contributed by atoms with Crippen molar-refractivity contribution >= 4 is 16.4 Å². The zero-order valence-corrected chi connectivity index (χ0v) is 16.3. The van der Waals surface area contributed by atoms with Gasteiger partial charge in [0.25, 0.3) is 0 Å². The van der Waals surface area contributed by atoms with Crippen LogP contribution < -0.4 is 4.74 Å². The molecule has 0 aromatic carbocycles. The number of pyridine rings is 1. The molecular weight excluding hydrogens is 338 g/mol. The average molecular weight is 365 g/mol. The van der Waals surface area contributed by atoms with Crippen molar-refractivity contribution in [3.63, 3.8) is 0 Å². The lowest BCUT2D eigenvalue weighted by molar-refractivity contribution is 0.0321. The summed E-state index contributed by atoms with van der Waals surface area (Å²) in [5.74, 6) is 0.666. The van der Waals surface area contributed by atoms with Crippen molar-refractivity contribution in [2.24, 2.45) is 0 Å². The number of hydrogen-bond donors (Lipinski definition) is 0. The smallest absolute Gasteiger partial charge is 0.140 e. The maximum Gasteiger partial charge on any atom is 0.140 e. The van der Waals surface area contributed by atoms with Crippen LogP contribution in [0.4, 0.5) is 0 Å². The van der Waals surface area contributed by atoms with Gasteiger partial charge in [-0.15, -0.1) is 0 Å². The van der Waals surface area contributed by atoms with E-state index in [4.69, 9.17) is 9.47 Å². The fraction of sp³-hybridized carbons (Fsp3) is 0.611. The topological polar surface area (TPSA) is 56.1 Å². The Labute approximate surface area is 151 Å².